The fourth-order valence-electron chi connectivity index (χ4n) is 2.02. The molecule has 0 unspecified atom stereocenters. The van der Waals surface area contributed by atoms with Crippen molar-refractivity contribution in [3.05, 3.63) is 29.7 Å². The zero-order valence-corrected chi connectivity index (χ0v) is 14.8. The number of aromatic nitrogens is 4. The van der Waals surface area contributed by atoms with E-state index in [0.717, 1.165) is 25.0 Å². The van der Waals surface area contributed by atoms with Crippen LogP contribution in [0.2, 0.25) is 0 Å². The van der Waals surface area contributed by atoms with Gasteiger partial charge in [-0.05, 0) is 18.9 Å². The quantitative estimate of drug-likeness (QED) is 0.838. The SMILES string of the molecule is CCCCc1ccnc(NC(=O)CCc2nc(C(C)(C)C)no2)n1. The predicted molar refractivity (Wildman–Crippen MR) is 90.6 cm³/mol. The number of carbonyl (C=O) groups excluding carboxylic acids is 1. The Balaban J connectivity index is 1.86. The molecule has 2 aromatic rings. The van der Waals surface area contributed by atoms with E-state index in [1.54, 1.807) is 6.20 Å². The van der Waals surface area contributed by atoms with Crippen LogP contribution < -0.4 is 5.32 Å². The van der Waals surface area contributed by atoms with E-state index in [1.807, 2.05) is 26.8 Å². The lowest BCUT2D eigenvalue weighted by Gasteiger charge is -2.10. The molecule has 7 heteroatoms. The number of hydrogen-bond acceptors (Lipinski definition) is 6. The third kappa shape index (κ3) is 5.40. The van der Waals surface area contributed by atoms with Crippen molar-refractivity contribution in [3.8, 4) is 0 Å². The molecule has 0 bridgehead atoms. The number of unbranched alkanes of at least 4 members (excludes halogenated alkanes) is 1. The summed E-state index contributed by atoms with van der Waals surface area (Å²) < 4.78 is 5.18. The highest BCUT2D eigenvalue weighted by Gasteiger charge is 2.21. The highest BCUT2D eigenvalue weighted by atomic mass is 16.5. The average molecular weight is 331 g/mol. The van der Waals surface area contributed by atoms with Gasteiger partial charge in [0.05, 0.1) is 0 Å². The van der Waals surface area contributed by atoms with Gasteiger partial charge in [0, 0.05) is 30.1 Å². The maximum atomic E-state index is 12.0. The third-order valence-corrected chi connectivity index (χ3v) is 3.46. The molecule has 1 amide bonds. The summed E-state index contributed by atoms with van der Waals surface area (Å²) in [6.07, 6.45) is 5.36. The molecule has 24 heavy (non-hydrogen) atoms. The topological polar surface area (TPSA) is 93.8 Å². The van der Waals surface area contributed by atoms with Gasteiger partial charge in [-0.25, -0.2) is 9.97 Å². The maximum absolute atomic E-state index is 12.0. The van der Waals surface area contributed by atoms with Gasteiger partial charge in [-0.15, -0.1) is 0 Å². The lowest BCUT2D eigenvalue weighted by Crippen LogP contribution is -2.15. The van der Waals surface area contributed by atoms with Crippen LogP contribution in [0.4, 0.5) is 5.95 Å². The Labute approximate surface area is 142 Å². The Morgan fingerprint density at radius 3 is 2.71 bits per heavy atom. The molecule has 0 aliphatic rings. The summed E-state index contributed by atoms with van der Waals surface area (Å²) in [6.45, 7) is 8.16. The molecule has 0 radical (unpaired) electrons. The van der Waals surface area contributed by atoms with Crippen molar-refractivity contribution in [1.29, 1.82) is 0 Å². The van der Waals surface area contributed by atoms with Gasteiger partial charge >= 0.3 is 0 Å². The van der Waals surface area contributed by atoms with E-state index >= 15 is 0 Å². The standard InChI is InChI=1S/C17H25N5O2/c1-5-6-7-12-10-11-18-16(19-12)20-13(23)8-9-14-21-15(22-24-14)17(2,3)4/h10-11H,5-9H2,1-4H3,(H,18,19,20,23). The second-order valence-corrected chi connectivity index (χ2v) is 6.79. The van der Waals surface area contributed by atoms with E-state index in [1.165, 1.54) is 0 Å². The molecular weight excluding hydrogens is 306 g/mol. The van der Waals surface area contributed by atoms with E-state index in [0.29, 0.717) is 24.1 Å². The van der Waals surface area contributed by atoms with E-state index < -0.39 is 0 Å². The average Bonchev–Trinajstić information content (AvgIpc) is 3.00. The summed E-state index contributed by atoms with van der Waals surface area (Å²) in [5.41, 5.74) is 0.769. The Bertz CT molecular complexity index is 676. The molecule has 2 heterocycles. The number of aryl methyl sites for hydroxylation is 2. The Kier molecular flexibility index (Phi) is 6.00. The molecule has 0 saturated heterocycles. The first-order valence-electron chi connectivity index (χ1n) is 8.33. The zero-order chi connectivity index (χ0) is 17.6. The van der Waals surface area contributed by atoms with Gasteiger partial charge in [0.2, 0.25) is 17.7 Å². The van der Waals surface area contributed by atoms with Crippen molar-refractivity contribution in [3.63, 3.8) is 0 Å². The lowest BCUT2D eigenvalue weighted by atomic mass is 9.96. The van der Waals surface area contributed by atoms with Crippen molar-refractivity contribution in [1.82, 2.24) is 20.1 Å². The summed E-state index contributed by atoms with van der Waals surface area (Å²) >= 11 is 0. The smallest absolute Gasteiger partial charge is 0.229 e. The lowest BCUT2D eigenvalue weighted by molar-refractivity contribution is -0.116. The fraction of sp³-hybridized carbons (Fsp3) is 0.588. The van der Waals surface area contributed by atoms with Crippen LogP contribution in [-0.4, -0.2) is 26.0 Å². The van der Waals surface area contributed by atoms with Crippen LogP contribution in [0.25, 0.3) is 0 Å². The summed E-state index contributed by atoms with van der Waals surface area (Å²) in [5, 5.41) is 6.66. The molecule has 0 saturated carbocycles. The van der Waals surface area contributed by atoms with Gasteiger partial charge in [-0.1, -0.05) is 39.3 Å². The molecule has 0 spiro atoms. The number of nitrogens with one attached hydrogen (secondary N) is 1. The Morgan fingerprint density at radius 1 is 1.25 bits per heavy atom. The minimum Gasteiger partial charge on any atom is -0.339 e. The number of hydrogen-bond donors (Lipinski definition) is 1. The molecule has 0 fully saturated rings. The number of nitrogens with zero attached hydrogens (tertiary/aromatic N) is 4. The van der Waals surface area contributed by atoms with Crippen molar-refractivity contribution < 1.29 is 9.32 Å². The van der Waals surface area contributed by atoms with Gasteiger partial charge in [0.1, 0.15) is 0 Å². The molecule has 0 aliphatic heterocycles. The van der Waals surface area contributed by atoms with Crippen molar-refractivity contribution in [2.75, 3.05) is 5.32 Å². The van der Waals surface area contributed by atoms with E-state index in [-0.39, 0.29) is 17.7 Å². The molecule has 2 aromatic heterocycles. The first kappa shape index (κ1) is 18.0. The highest BCUT2D eigenvalue weighted by Crippen LogP contribution is 2.18. The van der Waals surface area contributed by atoms with Crippen molar-refractivity contribution in [2.45, 2.75) is 65.2 Å². The summed E-state index contributed by atoms with van der Waals surface area (Å²) in [7, 11) is 0. The van der Waals surface area contributed by atoms with Gasteiger partial charge < -0.3 is 4.52 Å². The van der Waals surface area contributed by atoms with E-state index in [4.69, 9.17) is 4.52 Å². The molecular formula is C17H25N5O2. The van der Waals surface area contributed by atoms with Crippen LogP contribution >= 0.6 is 0 Å². The minimum atomic E-state index is -0.170. The third-order valence-electron chi connectivity index (χ3n) is 3.46. The molecule has 0 aromatic carbocycles. The maximum Gasteiger partial charge on any atom is 0.229 e. The Morgan fingerprint density at radius 2 is 2.04 bits per heavy atom. The molecule has 7 nitrogen and oxygen atoms in total. The van der Waals surface area contributed by atoms with Crippen LogP contribution in [0.5, 0.6) is 0 Å². The number of anilines is 1. The summed E-state index contributed by atoms with van der Waals surface area (Å²) in [4.78, 5) is 24.8. The van der Waals surface area contributed by atoms with Crippen molar-refractivity contribution in [2.24, 2.45) is 0 Å². The molecule has 0 aliphatic carbocycles. The second-order valence-electron chi connectivity index (χ2n) is 6.79. The predicted octanol–water partition coefficient (Wildman–Crippen LogP) is 3.07. The largest absolute Gasteiger partial charge is 0.339 e. The highest BCUT2D eigenvalue weighted by molar-refractivity contribution is 5.88. The van der Waals surface area contributed by atoms with E-state index in [2.05, 4.69) is 32.3 Å². The summed E-state index contributed by atoms with van der Waals surface area (Å²) in [5.74, 6) is 1.28. The van der Waals surface area contributed by atoms with Crippen LogP contribution in [0.3, 0.4) is 0 Å². The molecule has 1 N–H and O–H groups in total. The zero-order valence-electron chi connectivity index (χ0n) is 14.8. The second kappa shape index (κ2) is 7.99. The van der Waals surface area contributed by atoms with Gasteiger partial charge in [0.15, 0.2) is 5.82 Å². The number of amides is 1. The monoisotopic (exact) mass is 331 g/mol. The summed E-state index contributed by atoms with van der Waals surface area (Å²) in [6, 6.07) is 1.87. The van der Waals surface area contributed by atoms with Crippen LogP contribution in [-0.2, 0) is 23.1 Å². The molecule has 0 atom stereocenters. The Hall–Kier alpha value is -2.31. The molecule has 2 rings (SSSR count). The van der Waals surface area contributed by atoms with Gasteiger partial charge in [-0.2, -0.15) is 4.98 Å². The number of rotatable bonds is 7. The minimum absolute atomic E-state index is 0.168. The van der Waals surface area contributed by atoms with E-state index in [9.17, 15) is 4.79 Å². The fourth-order valence-corrected chi connectivity index (χ4v) is 2.02. The first-order chi connectivity index (χ1) is 11.4. The first-order valence-corrected chi connectivity index (χ1v) is 8.33. The van der Waals surface area contributed by atoms with Gasteiger partial charge in [0.25, 0.3) is 0 Å². The molecule has 130 valence electrons. The van der Waals surface area contributed by atoms with Crippen LogP contribution in [0.1, 0.15) is 64.4 Å². The van der Waals surface area contributed by atoms with Crippen LogP contribution in [0, 0.1) is 0 Å². The number of carbonyl (C=O) groups is 1. The normalized spacial score (nSPS) is 11.5. The van der Waals surface area contributed by atoms with Crippen LogP contribution in [0.15, 0.2) is 16.8 Å². The van der Waals surface area contributed by atoms with Gasteiger partial charge in [-0.3, -0.25) is 10.1 Å². The van der Waals surface area contributed by atoms with Crippen molar-refractivity contribution >= 4 is 11.9 Å².